The van der Waals surface area contributed by atoms with Gasteiger partial charge in [-0.2, -0.15) is 0 Å². The lowest BCUT2D eigenvalue weighted by atomic mass is 9.67. The number of nitrogens with two attached hydrogens (primary N) is 1. The Balaban J connectivity index is 0.00000145. The van der Waals surface area contributed by atoms with E-state index in [1.54, 1.807) is 6.08 Å². The maximum absolute atomic E-state index is 13.4. The number of carbonyl (C=O) groups excluding carboxylic acids is 1. The van der Waals surface area contributed by atoms with Gasteiger partial charge in [0.2, 0.25) is 0 Å². The van der Waals surface area contributed by atoms with Gasteiger partial charge in [0.05, 0.1) is 0 Å². The second kappa shape index (κ2) is 9.88. The molecule has 0 amide bonds. The second-order valence-electron chi connectivity index (χ2n) is 7.35. The summed E-state index contributed by atoms with van der Waals surface area (Å²) in [5.41, 5.74) is 9.88. The lowest BCUT2D eigenvalue weighted by Crippen LogP contribution is -2.32. The lowest BCUT2D eigenvalue weighted by Gasteiger charge is -2.34. The smallest absolute Gasteiger partial charge is 0.169 e. The van der Waals surface area contributed by atoms with Crippen LogP contribution < -0.4 is 5.73 Å². The van der Waals surface area contributed by atoms with Gasteiger partial charge in [-0.05, 0) is 28.8 Å². The highest BCUT2D eigenvalue weighted by Gasteiger charge is 2.39. The van der Waals surface area contributed by atoms with Crippen molar-refractivity contribution in [1.82, 2.24) is 0 Å². The van der Waals surface area contributed by atoms with Gasteiger partial charge < -0.3 is 5.73 Å². The normalized spacial score (nSPS) is 11.7. The van der Waals surface area contributed by atoms with E-state index < -0.39 is 5.41 Å². The molecule has 29 heavy (non-hydrogen) atoms. The van der Waals surface area contributed by atoms with E-state index in [-0.39, 0.29) is 11.7 Å². The number of ketones is 1. The molecule has 2 heteroatoms. The van der Waals surface area contributed by atoms with Crippen LogP contribution in [0.5, 0.6) is 0 Å². The van der Waals surface area contributed by atoms with Gasteiger partial charge in [-0.1, -0.05) is 107 Å². The van der Waals surface area contributed by atoms with Crippen molar-refractivity contribution in [3.63, 3.8) is 0 Å². The number of hydrogen-bond acceptors (Lipinski definition) is 2. The van der Waals surface area contributed by atoms with Crippen LogP contribution in [0.4, 0.5) is 5.69 Å². The Kier molecular flexibility index (Phi) is 7.55. The van der Waals surface area contributed by atoms with Gasteiger partial charge in [0, 0.05) is 22.6 Å². The third-order valence-electron chi connectivity index (χ3n) is 5.14. The van der Waals surface area contributed by atoms with Gasteiger partial charge in [-0.3, -0.25) is 4.79 Å². The van der Waals surface area contributed by atoms with Crippen LogP contribution in [0.25, 0.3) is 6.08 Å². The molecule has 0 saturated heterocycles. The minimum Gasteiger partial charge on any atom is -0.398 e. The molecule has 0 heterocycles. The molecule has 0 aromatic heterocycles. The van der Waals surface area contributed by atoms with E-state index >= 15 is 0 Å². The van der Waals surface area contributed by atoms with Crippen LogP contribution >= 0.6 is 0 Å². The fourth-order valence-electron chi connectivity index (χ4n) is 3.71. The molecule has 0 aliphatic rings. The summed E-state index contributed by atoms with van der Waals surface area (Å²) in [6.45, 7) is 11.9. The monoisotopic (exact) mass is 385 g/mol. The zero-order valence-corrected chi connectivity index (χ0v) is 17.9. The zero-order chi connectivity index (χ0) is 21.4. The van der Waals surface area contributed by atoms with Crippen molar-refractivity contribution in [3.05, 3.63) is 108 Å². The number of benzene rings is 3. The molecule has 0 aliphatic carbocycles. The number of nitrogen functional groups attached to an aromatic ring is 1. The van der Waals surface area contributed by atoms with Crippen LogP contribution in [0.3, 0.4) is 0 Å². The number of rotatable bonds is 6. The molecule has 0 radical (unpaired) electrons. The van der Waals surface area contributed by atoms with E-state index in [1.807, 2.05) is 94.4 Å². The van der Waals surface area contributed by atoms with Gasteiger partial charge in [0.1, 0.15) is 0 Å². The van der Waals surface area contributed by atoms with Gasteiger partial charge in [-0.25, -0.2) is 0 Å². The fraction of sp³-hybridized carbons (Fsp3) is 0.222. The van der Waals surface area contributed by atoms with Gasteiger partial charge in [-0.15, -0.1) is 0 Å². The Morgan fingerprint density at radius 3 is 2.00 bits per heavy atom. The van der Waals surface area contributed by atoms with Crippen LogP contribution in [0.2, 0.25) is 0 Å². The third kappa shape index (κ3) is 4.83. The maximum atomic E-state index is 13.4. The fourth-order valence-corrected chi connectivity index (χ4v) is 3.71. The Bertz CT molecular complexity index is 943. The Morgan fingerprint density at radius 2 is 1.45 bits per heavy atom. The molecular formula is C27H31NO. The van der Waals surface area contributed by atoms with Crippen LogP contribution in [-0.2, 0) is 0 Å². The first-order valence-corrected chi connectivity index (χ1v) is 10.1. The second-order valence-corrected chi connectivity index (χ2v) is 7.35. The van der Waals surface area contributed by atoms with Gasteiger partial charge >= 0.3 is 0 Å². The van der Waals surface area contributed by atoms with Crippen LogP contribution in [0.15, 0.2) is 85.4 Å². The molecule has 150 valence electrons. The van der Waals surface area contributed by atoms with Crippen molar-refractivity contribution in [2.45, 2.75) is 33.6 Å². The predicted molar refractivity (Wildman–Crippen MR) is 125 cm³/mol. The highest BCUT2D eigenvalue weighted by atomic mass is 16.1. The molecular weight excluding hydrogens is 354 g/mol. The summed E-state index contributed by atoms with van der Waals surface area (Å²) in [4.78, 5) is 13.4. The van der Waals surface area contributed by atoms with Crippen molar-refractivity contribution >= 4 is 17.5 Å². The zero-order valence-electron chi connectivity index (χ0n) is 17.9. The molecule has 0 spiro atoms. The Morgan fingerprint density at radius 1 is 0.897 bits per heavy atom. The Labute approximate surface area is 175 Å². The summed E-state index contributed by atoms with van der Waals surface area (Å²) in [5.74, 6) is 0.0136. The largest absolute Gasteiger partial charge is 0.398 e. The number of anilines is 1. The van der Waals surface area contributed by atoms with Crippen molar-refractivity contribution in [1.29, 1.82) is 0 Å². The number of carbonyl (C=O) groups is 1. The minimum atomic E-state index is -0.642. The van der Waals surface area contributed by atoms with E-state index in [4.69, 9.17) is 5.73 Å². The van der Waals surface area contributed by atoms with E-state index in [1.165, 1.54) is 0 Å². The van der Waals surface area contributed by atoms with Crippen molar-refractivity contribution in [2.75, 3.05) is 5.73 Å². The third-order valence-corrected chi connectivity index (χ3v) is 5.14. The summed E-state index contributed by atoms with van der Waals surface area (Å²) in [6, 6.07) is 25.6. The predicted octanol–water partition coefficient (Wildman–Crippen LogP) is 6.98. The molecule has 0 aliphatic heterocycles. The first kappa shape index (κ1) is 22.2. The van der Waals surface area contributed by atoms with E-state index in [0.717, 1.165) is 22.3 Å². The highest BCUT2D eigenvalue weighted by Crippen LogP contribution is 2.43. The molecule has 0 saturated carbocycles. The summed E-state index contributed by atoms with van der Waals surface area (Å²) >= 11 is 0. The molecule has 1 atom stereocenters. The molecule has 0 bridgehead atoms. The first-order valence-electron chi connectivity index (χ1n) is 10.1. The SMILES string of the molecule is C=Cc1cc(C(c2ccccc2)C(C)(C)C(=O)c2ccccc2)ccc1N.CC. The molecule has 2 nitrogen and oxygen atoms in total. The van der Waals surface area contributed by atoms with E-state index in [2.05, 4.69) is 18.7 Å². The molecule has 0 fully saturated rings. The summed E-state index contributed by atoms with van der Waals surface area (Å²) in [6.07, 6.45) is 1.76. The minimum absolute atomic E-state index is 0.106. The van der Waals surface area contributed by atoms with E-state index in [9.17, 15) is 4.79 Å². The van der Waals surface area contributed by atoms with E-state index in [0.29, 0.717) is 5.69 Å². The lowest BCUT2D eigenvalue weighted by molar-refractivity contribution is 0.0816. The molecule has 3 aromatic rings. The number of hydrogen-bond donors (Lipinski definition) is 1. The summed E-state index contributed by atoms with van der Waals surface area (Å²) in [5, 5.41) is 0. The van der Waals surface area contributed by atoms with Gasteiger partial charge in [0.15, 0.2) is 5.78 Å². The topological polar surface area (TPSA) is 43.1 Å². The maximum Gasteiger partial charge on any atom is 0.169 e. The average Bonchev–Trinajstić information content (AvgIpc) is 2.77. The summed E-state index contributed by atoms with van der Waals surface area (Å²) in [7, 11) is 0. The number of Topliss-reactive ketones (excluding diaryl/α,β-unsaturated/α-hetero) is 1. The molecule has 3 rings (SSSR count). The van der Waals surface area contributed by atoms with Gasteiger partial charge in [0.25, 0.3) is 0 Å². The molecule has 2 N–H and O–H groups in total. The van der Waals surface area contributed by atoms with Crippen molar-refractivity contribution in [2.24, 2.45) is 5.41 Å². The highest BCUT2D eigenvalue weighted by molar-refractivity contribution is 6.01. The van der Waals surface area contributed by atoms with Crippen LogP contribution in [0.1, 0.15) is 60.7 Å². The van der Waals surface area contributed by atoms with Crippen molar-refractivity contribution in [3.8, 4) is 0 Å². The summed E-state index contributed by atoms with van der Waals surface area (Å²) < 4.78 is 0. The molecule has 1 unspecified atom stereocenters. The Hall–Kier alpha value is -3.13. The van der Waals surface area contributed by atoms with Crippen LogP contribution in [0, 0.1) is 5.41 Å². The van der Waals surface area contributed by atoms with Crippen molar-refractivity contribution < 1.29 is 4.79 Å². The standard InChI is InChI=1S/C25H25NO.C2H6/c1-4-18-17-21(15-16-22(18)26)23(19-11-7-5-8-12-19)25(2,3)24(27)20-13-9-6-10-14-20;1-2/h4-17,23H,1,26H2,2-3H3;1-2H3. The quantitative estimate of drug-likeness (QED) is 0.367. The van der Waals surface area contributed by atoms with Crippen LogP contribution in [-0.4, -0.2) is 5.78 Å². The first-order chi connectivity index (χ1) is 13.9. The molecule has 3 aromatic carbocycles. The average molecular weight is 386 g/mol.